The van der Waals surface area contributed by atoms with Gasteiger partial charge in [-0.2, -0.15) is 9.50 Å². The Hall–Kier alpha value is -2.38. The summed E-state index contributed by atoms with van der Waals surface area (Å²) in [5.41, 5.74) is 0.679. The molecule has 0 aliphatic rings. The van der Waals surface area contributed by atoms with Crippen LogP contribution in [-0.2, 0) is 0 Å². The van der Waals surface area contributed by atoms with Gasteiger partial charge in [-0.1, -0.05) is 17.4 Å². The van der Waals surface area contributed by atoms with Gasteiger partial charge in [0.15, 0.2) is 5.82 Å². The Morgan fingerprint density at radius 1 is 1.10 bits per heavy atom. The third-order valence-corrected chi connectivity index (χ3v) is 4.98. The highest BCUT2D eigenvalue weighted by Gasteiger charge is 2.11. The normalized spacial score (nSPS) is 11.0. The van der Waals surface area contributed by atoms with Crippen molar-refractivity contribution in [2.75, 3.05) is 0 Å². The molecular weight excluding hydrogens is 304 g/mol. The zero-order valence-corrected chi connectivity index (χ0v) is 12.3. The second kappa shape index (κ2) is 4.87. The van der Waals surface area contributed by atoms with Crippen molar-refractivity contribution in [2.45, 2.75) is 0 Å². The van der Waals surface area contributed by atoms with Gasteiger partial charge in [-0.15, -0.1) is 16.4 Å². The molecule has 0 radical (unpaired) electrons. The average Bonchev–Trinajstić information content (AvgIpc) is 3.17. The zero-order valence-electron chi connectivity index (χ0n) is 10.6. The number of fused-ring (bicyclic) bond motifs is 1. The molecule has 0 unspecified atom stereocenters. The molecule has 0 fully saturated rings. The lowest BCUT2D eigenvalue weighted by atomic mass is 10.3. The highest BCUT2D eigenvalue weighted by molar-refractivity contribution is 7.23. The largest absolute Gasteiger partial charge is 0.275 e. The molecular formula is C14H8N4OS2. The van der Waals surface area contributed by atoms with E-state index >= 15 is 0 Å². The lowest BCUT2D eigenvalue weighted by Crippen LogP contribution is -2.11. The van der Waals surface area contributed by atoms with E-state index in [2.05, 4.69) is 15.1 Å². The molecule has 4 aromatic heterocycles. The number of thiophene rings is 1. The predicted octanol–water partition coefficient (Wildman–Crippen LogP) is 2.94. The first-order valence-electron chi connectivity index (χ1n) is 6.16. The number of hydrogen-bond acceptors (Lipinski definition) is 6. The van der Waals surface area contributed by atoms with Gasteiger partial charge in [0, 0.05) is 28.9 Å². The number of aromatic nitrogens is 4. The third-order valence-electron chi connectivity index (χ3n) is 2.94. The summed E-state index contributed by atoms with van der Waals surface area (Å²) in [7, 11) is 0. The molecule has 0 saturated carbocycles. The topological polar surface area (TPSA) is 60.2 Å². The van der Waals surface area contributed by atoms with Crippen LogP contribution in [-0.4, -0.2) is 19.6 Å². The molecule has 4 heterocycles. The van der Waals surface area contributed by atoms with E-state index in [1.165, 1.54) is 15.9 Å². The molecule has 5 nitrogen and oxygen atoms in total. The molecule has 0 spiro atoms. The van der Waals surface area contributed by atoms with Crippen LogP contribution >= 0.6 is 22.7 Å². The van der Waals surface area contributed by atoms with Crippen molar-refractivity contribution in [3.8, 4) is 21.1 Å². The number of hydrogen-bond donors (Lipinski definition) is 0. The average molecular weight is 312 g/mol. The first-order chi connectivity index (χ1) is 10.3. The molecule has 0 aromatic carbocycles. The molecule has 0 amide bonds. The van der Waals surface area contributed by atoms with Crippen LogP contribution in [0, 0.1) is 0 Å². The minimum atomic E-state index is -0.167. The molecule has 7 heteroatoms. The Labute approximate surface area is 127 Å². The number of nitrogens with zero attached hydrogens (tertiary/aromatic N) is 4. The quantitative estimate of drug-likeness (QED) is 0.571. The second-order valence-electron chi connectivity index (χ2n) is 4.29. The van der Waals surface area contributed by atoms with E-state index in [9.17, 15) is 4.79 Å². The number of rotatable bonds is 2. The van der Waals surface area contributed by atoms with Gasteiger partial charge in [0.05, 0.1) is 4.88 Å². The first-order valence-corrected chi connectivity index (χ1v) is 7.86. The Balaban J connectivity index is 1.92. The summed E-state index contributed by atoms with van der Waals surface area (Å²) >= 11 is 3.06. The fourth-order valence-corrected chi connectivity index (χ4v) is 3.75. The molecule has 0 aliphatic heterocycles. The summed E-state index contributed by atoms with van der Waals surface area (Å²) < 4.78 is 1.34. The van der Waals surface area contributed by atoms with E-state index in [4.69, 9.17) is 0 Å². The van der Waals surface area contributed by atoms with Crippen molar-refractivity contribution in [1.29, 1.82) is 0 Å². The minimum Gasteiger partial charge on any atom is -0.267 e. The van der Waals surface area contributed by atoms with E-state index in [0.717, 1.165) is 15.3 Å². The molecule has 0 atom stereocenters. The van der Waals surface area contributed by atoms with Gasteiger partial charge in [0.2, 0.25) is 4.96 Å². The maximum Gasteiger partial charge on any atom is 0.275 e. The maximum absolute atomic E-state index is 12.2. The van der Waals surface area contributed by atoms with Crippen LogP contribution in [0.15, 0.2) is 52.9 Å². The summed E-state index contributed by atoms with van der Waals surface area (Å²) in [5.74, 6) is 0.536. The van der Waals surface area contributed by atoms with Crippen molar-refractivity contribution in [2.24, 2.45) is 0 Å². The number of pyridine rings is 1. The van der Waals surface area contributed by atoms with Crippen LogP contribution in [0.3, 0.4) is 0 Å². The van der Waals surface area contributed by atoms with Gasteiger partial charge in [0.25, 0.3) is 5.56 Å². The van der Waals surface area contributed by atoms with Crippen LogP contribution in [0.4, 0.5) is 0 Å². The molecule has 0 N–H and O–H groups in total. The van der Waals surface area contributed by atoms with Gasteiger partial charge < -0.3 is 0 Å². The maximum atomic E-state index is 12.2. The van der Waals surface area contributed by atoms with Crippen molar-refractivity contribution < 1.29 is 0 Å². The lowest BCUT2D eigenvalue weighted by Gasteiger charge is -1.95. The lowest BCUT2D eigenvalue weighted by molar-refractivity contribution is 0.934. The van der Waals surface area contributed by atoms with E-state index in [1.807, 2.05) is 29.6 Å². The molecule has 102 valence electrons. The molecule has 21 heavy (non-hydrogen) atoms. The Bertz CT molecular complexity index is 958. The molecule has 4 aromatic rings. The van der Waals surface area contributed by atoms with Crippen LogP contribution in [0.1, 0.15) is 0 Å². The third kappa shape index (κ3) is 2.16. The predicted molar refractivity (Wildman–Crippen MR) is 83.7 cm³/mol. The van der Waals surface area contributed by atoms with Crippen molar-refractivity contribution >= 4 is 27.6 Å². The van der Waals surface area contributed by atoms with Gasteiger partial charge in [-0.3, -0.25) is 9.78 Å². The van der Waals surface area contributed by atoms with E-state index in [1.54, 1.807) is 29.8 Å². The van der Waals surface area contributed by atoms with Gasteiger partial charge in [-0.05, 0) is 23.6 Å². The van der Waals surface area contributed by atoms with Crippen molar-refractivity contribution in [3.63, 3.8) is 0 Å². The molecule has 4 rings (SSSR count). The summed E-state index contributed by atoms with van der Waals surface area (Å²) in [6, 6.07) is 9.21. The van der Waals surface area contributed by atoms with Crippen molar-refractivity contribution in [1.82, 2.24) is 19.6 Å². The Morgan fingerprint density at radius 2 is 1.95 bits per heavy atom. The second-order valence-corrected chi connectivity index (χ2v) is 6.25. The van der Waals surface area contributed by atoms with Crippen LogP contribution in [0.2, 0.25) is 0 Å². The molecule has 0 bridgehead atoms. The highest BCUT2D eigenvalue weighted by atomic mass is 32.1. The van der Waals surface area contributed by atoms with Gasteiger partial charge in [0.1, 0.15) is 0 Å². The Kier molecular flexibility index (Phi) is 2.87. The fourth-order valence-electron chi connectivity index (χ4n) is 1.97. The van der Waals surface area contributed by atoms with Crippen molar-refractivity contribution in [3.05, 3.63) is 58.5 Å². The monoisotopic (exact) mass is 312 g/mol. The van der Waals surface area contributed by atoms with Gasteiger partial charge >= 0.3 is 0 Å². The summed E-state index contributed by atoms with van der Waals surface area (Å²) in [6.07, 6.45) is 3.36. The van der Waals surface area contributed by atoms with Gasteiger partial charge in [-0.25, -0.2) is 0 Å². The standard InChI is InChI=1S/C14H8N4OS2/c19-12-8-11(10-2-1-7-20-10)21-14-16-13(17-18(12)14)9-3-5-15-6-4-9/h1-8H. The van der Waals surface area contributed by atoms with Crippen LogP contribution < -0.4 is 5.56 Å². The fraction of sp³-hybridized carbons (Fsp3) is 0. The summed E-state index contributed by atoms with van der Waals surface area (Å²) in [4.78, 5) is 23.2. The minimum absolute atomic E-state index is 0.167. The molecule has 0 saturated heterocycles. The van der Waals surface area contributed by atoms with Crippen LogP contribution in [0.25, 0.3) is 26.1 Å². The van der Waals surface area contributed by atoms with Crippen LogP contribution in [0.5, 0.6) is 0 Å². The summed E-state index contributed by atoms with van der Waals surface area (Å²) in [5, 5.41) is 6.27. The van der Waals surface area contributed by atoms with E-state index < -0.39 is 0 Å². The van der Waals surface area contributed by atoms with E-state index in [0.29, 0.717) is 10.8 Å². The zero-order chi connectivity index (χ0) is 14.2. The molecule has 0 aliphatic carbocycles. The smallest absolute Gasteiger partial charge is 0.267 e. The first kappa shape index (κ1) is 12.4. The van der Waals surface area contributed by atoms with E-state index in [-0.39, 0.29) is 5.56 Å². The Morgan fingerprint density at radius 3 is 2.71 bits per heavy atom. The highest BCUT2D eigenvalue weighted by Crippen LogP contribution is 2.29. The SMILES string of the molecule is O=c1cc(-c2cccs2)sc2nc(-c3ccncc3)nn12. The summed E-state index contributed by atoms with van der Waals surface area (Å²) in [6.45, 7) is 0.